The van der Waals surface area contributed by atoms with Gasteiger partial charge in [0.15, 0.2) is 0 Å². The average molecular weight is 333 g/mol. The summed E-state index contributed by atoms with van der Waals surface area (Å²) in [6.07, 6.45) is 0. The highest BCUT2D eigenvalue weighted by atomic mass is 35.5. The van der Waals surface area contributed by atoms with E-state index in [4.69, 9.17) is 11.6 Å². The number of hydrogen-bond acceptors (Lipinski definition) is 2. The third kappa shape index (κ3) is 2.89. The van der Waals surface area contributed by atoms with E-state index < -0.39 is 0 Å². The lowest BCUT2D eigenvalue weighted by molar-refractivity contribution is 0.0934. The first-order valence-electron chi connectivity index (χ1n) is 7.17. The number of nitrogens with one attached hydrogen (secondary N) is 1. The van der Waals surface area contributed by atoms with Gasteiger partial charge in [-0.1, -0.05) is 29.8 Å². The van der Waals surface area contributed by atoms with Crippen LogP contribution in [0.1, 0.15) is 29.9 Å². The van der Waals surface area contributed by atoms with Crippen molar-refractivity contribution in [3.8, 4) is 0 Å². The lowest BCUT2D eigenvalue weighted by atomic mass is 10.2. The Morgan fingerprint density at radius 2 is 2.09 bits per heavy atom. The Hall–Kier alpha value is -1.78. The summed E-state index contributed by atoms with van der Waals surface area (Å²) in [5, 5.41) is 5.72. The first-order chi connectivity index (χ1) is 10.6. The number of carbonyl (C=O) groups is 1. The van der Waals surface area contributed by atoms with E-state index in [9.17, 15) is 4.79 Å². The van der Waals surface area contributed by atoms with Gasteiger partial charge in [0.1, 0.15) is 5.69 Å². The Labute approximate surface area is 138 Å². The summed E-state index contributed by atoms with van der Waals surface area (Å²) in [5.41, 5.74) is 2.75. The van der Waals surface area contributed by atoms with Crippen molar-refractivity contribution in [2.24, 2.45) is 0 Å². The lowest BCUT2D eigenvalue weighted by Crippen LogP contribution is -2.31. The molecule has 1 N–H and O–H groups in total. The molecule has 0 fully saturated rings. The van der Waals surface area contributed by atoms with Crippen LogP contribution in [0, 0.1) is 0 Å². The molecule has 0 aliphatic heterocycles. The predicted molar refractivity (Wildman–Crippen MR) is 93.0 cm³/mol. The minimum absolute atomic E-state index is 0.0505. The van der Waals surface area contributed by atoms with Gasteiger partial charge in [-0.25, -0.2) is 0 Å². The normalized spacial score (nSPS) is 11.3. The topological polar surface area (TPSA) is 34.0 Å². The smallest absolute Gasteiger partial charge is 0.268 e. The van der Waals surface area contributed by atoms with Gasteiger partial charge in [0.05, 0.1) is 10.2 Å². The summed E-state index contributed by atoms with van der Waals surface area (Å²) in [6.45, 7) is 4.50. The van der Waals surface area contributed by atoms with Gasteiger partial charge >= 0.3 is 0 Å². The summed E-state index contributed by atoms with van der Waals surface area (Å²) in [5.74, 6) is -0.0505. The molecular weight excluding hydrogens is 316 g/mol. The molecule has 0 saturated heterocycles. The SMILES string of the molecule is CC(C)NC(=O)c1cc2sccc2n1Cc1ccccc1Cl. The molecule has 0 spiro atoms. The van der Waals surface area contributed by atoms with Crippen molar-refractivity contribution in [1.82, 2.24) is 9.88 Å². The molecule has 3 aromatic rings. The molecule has 0 aliphatic carbocycles. The number of carbonyl (C=O) groups excluding carboxylic acids is 1. The van der Waals surface area contributed by atoms with Gasteiger partial charge in [0, 0.05) is 17.6 Å². The molecular formula is C17H17ClN2OS. The van der Waals surface area contributed by atoms with E-state index in [1.165, 1.54) is 0 Å². The van der Waals surface area contributed by atoms with Crippen LogP contribution in [0.5, 0.6) is 0 Å². The fourth-order valence-electron chi connectivity index (χ4n) is 2.47. The summed E-state index contributed by atoms with van der Waals surface area (Å²) >= 11 is 7.91. The van der Waals surface area contributed by atoms with Crippen molar-refractivity contribution in [2.45, 2.75) is 26.4 Å². The van der Waals surface area contributed by atoms with Gasteiger partial charge in [0.25, 0.3) is 5.91 Å². The number of thiophene rings is 1. The highest BCUT2D eigenvalue weighted by Crippen LogP contribution is 2.27. The van der Waals surface area contributed by atoms with Gasteiger partial charge in [0.2, 0.25) is 0 Å². The molecule has 1 amide bonds. The van der Waals surface area contributed by atoms with Crippen molar-refractivity contribution in [3.05, 3.63) is 58.1 Å². The van der Waals surface area contributed by atoms with E-state index in [0.717, 1.165) is 20.8 Å². The number of fused-ring (bicyclic) bond motifs is 1. The minimum atomic E-state index is -0.0505. The summed E-state index contributed by atoms with van der Waals surface area (Å²) in [7, 11) is 0. The summed E-state index contributed by atoms with van der Waals surface area (Å²) in [4.78, 5) is 12.5. The zero-order valence-corrected chi connectivity index (χ0v) is 14.0. The van der Waals surface area contributed by atoms with Crippen LogP contribution < -0.4 is 5.32 Å². The molecule has 3 nitrogen and oxygen atoms in total. The van der Waals surface area contributed by atoms with Crippen molar-refractivity contribution in [2.75, 3.05) is 0 Å². The maximum atomic E-state index is 12.5. The Morgan fingerprint density at radius 1 is 1.32 bits per heavy atom. The molecule has 0 atom stereocenters. The molecule has 22 heavy (non-hydrogen) atoms. The van der Waals surface area contributed by atoms with Gasteiger partial charge in [-0.15, -0.1) is 11.3 Å². The van der Waals surface area contributed by atoms with E-state index in [1.54, 1.807) is 11.3 Å². The van der Waals surface area contributed by atoms with E-state index in [-0.39, 0.29) is 11.9 Å². The summed E-state index contributed by atoms with van der Waals surface area (Å²) in [6, 6.07) is 11.8. The van der Waals surface area contributed by atoms with Crippen LogP contribution in [0.4, 0.5) is 0 Å². The molecule has 0 radical (unpaired) electrons. The molecule has 0 bridgehead atoms. The van der Waals surface area contributed by atoms with E-state index in [1.807, 2.05) is 60.2 Å². The standard InChI is InChI=1S/C17H17ClN2OS/c1-11(2)19-17(21)15-9-16-14(7-8-22-16)20(15)10-12-5-3-4-6-13(12)18/h3-9,11H,10H2,1-2H3,(H,19,21). The number of nitrogens with zero attached hydrogens (tertiary/aromatic N) is 1. The van der Waals surface area contributed by atoms with Gasteiger partial charge < -0.3 is 9.88 Å². The van der Waals surface area contributed by atoms with Crippen molar-refractivity contribution in [3.63, 3.8) is 0 Å². The number of halogens is 1. The number of amides is 1. The third-order valence-corrected chi connectivity index (χ3v) is 4.68. The van der Waals surface area contributed by atoms with E-state index in [2.05, 4.69) is 5.32 Å². The van der Waals surface area contributed by atoms with Crippen LogP contribution in [-0.4, -0.2) is 16.5 Å². The maximum Gasteiger partial charge on any atom is 0.268 e. The molecule has 2 heterocycles. The molecule has 0 aliphatic rings. The molecule has 0 unspecified atom stereocenters. The van der Waals surface area contributed by atoms with Crippen LogP contribution in [-0.2, 0) is 6.54 Å². The quantitative estimate of drug-likeness (QED) is 0.747. The largest absolute Gasteiger partial charge is 0.349 e. The number of aromatic nitrogens is 1. The Bertz CT molecular complexity index is 819. The minimum Gasteiger partial charge on any atom is -0.349 e. The first kappa shape index (κ1) is 15.1. The highest BCUT2D eigenvalue weighted by molar-refractivity contribution is 7.17. The van der Waals surface area contributed by atoms with Crippen LogP contribution >= 0.6 is 22.9 Å². The zero-order valence-electron chi connectivity index (χ0n) is 12.5. The Balaban J connectivity index is 2.04. The fraction of sp³-hybridized carbons (Fsp3) is 0.235. The summed E-state index contributed by atoms with van der Waals surface area (Å²) < 4.78 is 3.14. The van der Waals surface area contributed by atoms with Crippen LogP contribution in [0.3, 0.4) is 0 Å². The van der Waals surface area contributed by atoms with E-state index >= 15 is 0 Å². The van der Waals surface area contributed by atoms with Gasteiger partial charge in [-0.3, -0.25) is 4.79 Å². The molecule has 3 rings (SSSR count). The second-order valence-corrected chi connectivity index (χ2v) is 6.86. The average Bonchev–Trinajstić information content (AvgIpc) is 3.03. The third-order valence-electron chi connectivity index (χ3n) is 3.46. The predicted octanol–water partition coefficient (Wildman–Crippen LogP) is 4.54. The zero-order chi connectivity index (χ0) is 15.7. The second-order valence-electron chi connectivity index (χ2n) is 5.51. The second kappa shape index (κ2) is 6.15. The van der Waals surface area contributed by atoms with Crippen molar-refractivity contribution >= 4 is 39.1 Å². The van der Waals surface area contributed by atoms with Crippen molar-refractivity contribution < 1.29 is 4.79 Å². The van der Waals surface area contributed by atoms with Crippen LogP contribution in [0.15, 0.2) is 41.8 Å². The van der Waals surface area contributed by atoms with Gasteiger partial charge in [-0.05, 0) is 43.0 Å². The lowest BCUT2D eigenvalue weighted by Gasteiger charge is -2.13. The van der Waals surface area contributed by atoms with E-state index in [0.29, 0.717) is 12.2 Å². The number of benzene rings is 1. The van der Waals surface area contributed by atoms with Crippen LogP contribution in [0.25, 0.3) is 10.2 Å². The molecule has 0 saturated carbocycles. The molecule has 2 aromatic heterocycles. The van der Waals surface area contributed by atoms with Crippen molar-refractivity contribution in [1.29, 1.82) is 0 Å². The fourth-order valence-corrected chi connectivity index (χ4v) is 3.49. The number of rotatable bonds is 4. The maximum absolute atomic E-state index is 12.5. The molecule has 1 aromatic carbocycles. The van der Waals surface area contributed by atoms with Crippen LogP contribution in [0.2, 0.25) is 5.02 Å². The van der Waals surface area contributed by atoms with Gasteiger partial charge in [-0.2, -0.15) is 0 Å². The first-order valence-corrected chi connectivity index (χ1v) is 8.43. The highest BCUT2D eigenvalue weighted by Gasteiger charge is 2.17. The Morgan fingerprint density at radius 3 is 2.82 bits per heavy atom. The Kier molecular flexibility index (Phi) is 4.23. The monoisotopic (exact) mass is 332 g/mol. The molecule has 5 heteroatoms. The molecule has 114 valence electrons. The number of hydrogen-bond donors (Lipinski definition) is 1.